The molecule has 0 heterocycles. The summed E-state index contributed by atoms with van der Waals surface area (Å²) >= 11 is 0. The van der Waals surface area contributed by atoms with E-state index in [2.05, 4.69) is 20.8 Å². The monoisotopic (exact) mass is 282 g/mol. The third kappa shape index (κ3) is 3.75. The lowest BCUT2D eigenvalue weighted by atomic mass is 9.89. The van der Waals surface area contributed by atoms with Crippen LogP contribution in [0.25, 0.3) is 0 Å². The maximum atomic E-state index is 11.9. The summed E-state index contributed by atoms with van der Waals surface area (Å²) in [7, 11) is 1.97. The van der Waals surface area contributed by atoms with Crippen molar-refractivity contribution in [3.63, 3.8) is 0 Å². The van der Waals surface area contributed by atoms with Crippen molar-refractivity contribution in [3.8, 4) is 0 Å². The van der Waals surface area contributed by atoms with Crippen LogP contribution in [0, 0.1) is 5.41 Å². The number of rotatable bonds is 7. The van der Waals surface area contributed by atoms with E-state index < -0.39 is 6.10 Å². The van der Waals surface area contributed by atoms with E-state index in [0.717, 1.165) is 38.2 Å². The van der Waals surface area contributed by atoms with Crippen molar-refractivity contribution in [1.82, 2.24) is 9.80 Å². The highest BCUT2D eigenvalue weighted by Crippen LogP contribution is 2.30. The Morgan fingerprint density at radius 3 is 2.20 bits per heavy atom. The second-order valence-corrected chi connectivity index (χ2v) is 6.76. The van der Waals surface area contributed by atoms with E-state index in [1.165, 1.54) is 0 Å². The Morgan fingerprint density at radius 2 is 1.75 bits per heavy atom. The third-order valence-electron chi connectivity index (χ3n) is 3.89. The molecule has 0 saturated heterocycles. The molecular weight excluding hydrogens is 252 g/mol. The van der Waals surface area contributed by atoms with E-state index >= 15 is 0 Å². The number of hydrogen-bond acceptors (Lipinski definition) is 4. The zero-order valence-corrected chi connectivity index (χ0v) is 13.9. The number of aliphatic hydroxyl groups excluding tert-OH is 1. The van der Waals surface area contributed by atoms with Crippen molar-refractivity contribution in [2.45, 2.75) is 53.6 Å². The Labute approximate surface area is 123 Å². The van der Waals surface area contributed by atoms with Gasteiger partial charge in [-0.15, -0.1) is 0 Å². The number of carbonyl (C=O) groups is 1. The molecule has 1 unspecified atom stereocenters. The first kappa shape index (κ1) is 17.0. The molecule has 1 aliphatic rings. The fourth-order valence-electron chi connectivity index (χ4n) is 2.65. The first-order valence-corrected chi connectivity index (χ1v) is 7.65. The number of ketones is 1. The summed E-state index contributed by atoms with van der Waals surface area (Å²) in [4.78, 5) is 16.0. The molecule has 0 spiro atoms. The fraction of sp³-hybridized carbons (Fsp3) is 0.812. The van der Waals surface area contributed by atoms with Crippen LogP contribution >= 0.6 is 0 Å². The molecule has 116 valence electrons. The molecule has 1 N–H and O–H groups in total. The molecule has 0 bridgehead atoms. The first-order chi connectivity index (χ1) is 9.22. The van der Waals surface area contributed by atoms with Crippen molar-refractivity contribution >= 4 is 5.78 Å². The van der Waals surface area contributed by atoms with Gasteiger partial charge in [-0.1, -0.05) is 20.8 Å². The van der Waals surface area contributed by atoms with Crippen LogP contribution in [-0.4, -0.2) is 53.5 Å². The lowest BCUT2D eigenvalue weighted by Crippen LogP contribution is -2.50. The number of aliphatic hydroxyl groups is 1. The van der Waals surface area contributed by atoms with Gasteiger partial charge in [0.15, 0.2) is 6.10 Å². The van der Waals surface area contributed by atoms with Crippen LogP contribution in [-0.2, 0) is 4.79 Å². The Kier molecular flexibility index (Phi) is 5.63. The summed E-state index contributed by atoms with van der Waals surface area (Å²) in [5.41, 5.74) is 1.83. The number of likely N-dealkylation sites (N-methyl/N-ethyl adjacent to an activating group) is 2. The van der Waals surface area contributed by atoms with E-state index in [1.54, 1.807) is 0 Å². The van der Waals surface area contributed by atoms with Gasteiger partial charge in [0.05, 0.1) is 5.70 Å². The molecule has 0 amide bonds. The summed E-state index contributed by atoms with van der Waals surface area (Å²) < 4.78 is 0. The van der Waals surface area contributed by atoms with E-state index in [9.17, 15) is 9.90 Å². The van der Waals surface area contributed by atoms with E-state index in [-0.39, 0.29) is 5.78 Å². The summed E-state index contributed by atoms with van der Waals surface area (Å²) in [6.07, 6.45) is 1.27. The van der Waals surface area contributed by atoms with Crippen LogP contribution in [0.3, 0.4) is 0 Å². The van der Waals surface area contributed by atoms with Gasteiger partial charge in [-0.25, -0.2) is 0 Å². The Balaban J connectivity index is 2.73. The molecule has 0 aromatic rings. The lowest BCUT2D eigenvalue weighted by Gasteiger charge is -2.40. The lowest BCUT2D eigenvalue weighted by molar-refractivity contribution is -0.128. The van der Waals surface area contributed by atoms with Gasteiger partial charge in [-0.3, -0.25) is 4.79 Å². The standard InChI is InChI=1S/C16H30N2O2/c1-7-18(8-2)13-12(14(19)15(13)20)17(6)11-9-10-16(3,4)5/h14,19H,7-11H2,1-6H3. The molecule has 4 nitrogen and oxygen atoms in total. The molecule has 4 heteroatoms. The van der Waals surface area contributed by atoms with Crippen LogP contribution in [0.5, 0.6) is 0 Å². The third-order valence-corrected chi connectivity index (χ3v) is 3.89. The molecule has 1 aliphatic carbocycles. The van der Waals surface area contributed by atoms with Crippen LogP contribution in [0.4, 0.5) is 0 Å². The number of carbonyl (C=O) groups excluding carboxylic acids is 1. The van der Waals surface area contributed by atoms with Crippen molar-refractivity contribution < 1.29 is 9.90 Å². The molecule has 0 radical (unpaired) electrons. The quantitative estimate of drug-likeness (QED) is 0.778. The second-order valence-electron chi connectivity index (χ2n) is 6.76. The Bertz CT molecular complexity index is 378. The van der Waals surface area contributed by atoms with Crippen LogP contribution < -0.4 is 0 Å². The van der Waals surface area contributed by atoms with Crippen LogP contribution in [0.1, 0.15) is 47.5 Å². The van der Waals surface area contributed by atoms with Crippen molar-refractivity contribution in [1.29, 1.82) is 0 Å². The van der Waals surface area contributed by atoms with Crippen molar-refractivity contribution in [2.24, 2.45) is 5.41 Å². The average Bonchev–Trinajstić information content (AvgIpc) is 2.36. The summed E-state index contributed by atoms with van der Waals surface area (Å²) in [5, 5.41) is 9.94. The van der Waals surface area contributed by atoms with E-state index in [1.807, 2.05) is 30.7 Å². The first-order valence-electron chi connectivity index (χ1n) is 7.65. The van der Waals surface area contributed by atoms with Crippen LogP contribution in [0.2, 0.25) is 0 Å². The number of nitrogens with zero attached hydrogens (tertiary/aromatic N) is 2. The molecule has 0 aromatic heterocycles. The highest BCUT2D eigenvalue weighted by Gasteiger charge is 2.42. The maximum absolute atomic E-state index is 11.9. The smallest absolute Gasteiger partial charge is 0.215 e. The highest BCUT2D eigenvalue weighted by atomic mass is 16.3. The van der Waals surface area contributed by atoms with E-state index in [0.29, 0.717) is 11.1 Å². The Morgan fingerprint density at radius 1 is 1.20 bits per heavy atom. The second kappa shape index (κ2) is 6.61. The van der Waals surface area contributed by atoms with Gasteiger partial charge in [0.2, 0.25) is 5.78 Å². The predicted molar refractivity (Wildman–Crippen MR) is 82.3 cm³/mol. The van der Waals surface area contributed by atoms with E-state index in [4.69, 9.17) is 0 Å². The molecule has 1 atom stereocenters. The SMILES string of the molecule is CCN(CC)C1=C(N(C)CCCC(C)(C)C)C(O)C1=O. The topological polar surface area (TPSA) is 43.8 Å². The van der Waals surface area contributed by atoms with Gasteiger partial charge >= 0.3 is 0 Å². The minimum Gasteiger partial charge on any atom is -0.378 e. The van der Waals surface area contributed by atoms with Gasteiger partial charge in [0, 0.05) is 26.7 Å². The predicted octanol–water partition coefficient (Wildman–Crippen LogP) is 2.24. The van der Waals surface area contributed by atoms with Crippen LogP contribution in [0.15, 0.2) is 11.4 Å². The Hall–Kier alpha value is -1.03. The molecule has 0 aromatic carbocycles. The molecular formula is C16H30N2O2. The molecule has 0 saturated carbocycles. The summed E-state index contributed by atoms with van der Waals surface area (Å²) in [6.45, 7) is 13.2. The largest absolute Gasteiger partial charge is 0.378 e. The fourth-order valence-corrected chi connectivity index (χ4v) is 2.65. The molecule has 0 fully saturated rings. The normalized spacial score (nSPS) is 19.1. The van der Waals surface area contributed by atoms with Gasteiger partial charge in [0.1, 0.15) is 5.70 Å². The van der Waals surface area contributed by atoms with Crippen molar-refractivity contribution in [2.75, 3.05) is 26.7 Å². The van der Waals surface area contributed by atoms with Gasteiger partial charge in [0.25, 0.3) is 0 Å². The highest BCUT2D eigenvalue weighted by molar-refractivity contribution is 6.07. The zero-order chi connectivity index (χ0) is 15.5. The summed E-state index contributed by atoms with van der Waals surface area (Å²) in [5.74, 6) is -0.133. The number of Topliss-reactive ketones (excluding diaryl/α,β-unsaturated/α-hetero) is 1. The number of hydrogen-bond donors (Lipinski definition) is 1. The van der Waals surface area contributed by atoms with Crippen molar-refractivity contribution in [3.05, 3.63) is 11.4 Å². The summed E-state index contributed by atoms with van der Waals surface area (Å²) in [6, 6.07) is 0. The van der Waals surface area contributed by atoms with Gasteiger partial charge in [-0.2, -0.15) is 0 Å². The molecule has 0 aliphatic heterocycles. The minimum absolute atomic E-state index is 0.133. The van der Waals surface area contributed by atoms with Gasteiger partial charge in [-0.05, 0) is 32.1 Å². The van der Waals surface area contributed by atoms with Gasteiger partial charge < -0.3 is 14.9 Å². The zero-order valence-electron chi connectivity index (χ0n) is 13.9. The maximum Gasteiger partial charge on any atom is 0.215 e. The minimum atomic E-state index is -0.926. The molecule has 1 rings (SSSR count). The molecule has 20 heavy (non-hydrogen) atoms. The average molecular weight is 282 g/mol.